The summed E-state index contributed by atoms with van der Waals surface area (Å²) in [6, 6.07) is 15.1. The van der Waals surface area contributed by atoms with Gasteiger partial charge in [0.2, 0.25) is 0 Å². The SMILES string of the molecule is CC(C)(OCC(O)COc1ccc(OCC2CO2)cc1)c1ccc(OCC2CO2)cc1. The van der Waals surface area contributed by atoms with E-state index in [1.165, 1.54) is 0 Å². The van der Waals surface area contributed by atoms with Crippen LogP contribution in [0.3, 0.4) is 0 Å². The van der Waals surface area contributed by atoms with Gasteiger partial charge in [0.15, 0.2) is 0 Å². The third kappa shape index (κ3) is 7.11. The third-order valence-corrected chi connectivity index (χ3v) is 5.13. The number of hydrogen-bond acceptors (Lipinski definition) is 7. The maximum atomic E-state index is 10.3. The van der Waals surface area contributed by atoms with Crippen molar-refractivity contribution in [3.8, 4) is 17.2 Å². The highest BCUT2D eigenvalue weighted by Crippen LogP contribution is 2.27. The molecule has 2 saturated heterocycles. The Balaban J connectivity index is 1.17. The highest BCUT2D eigenvalue weighted by molar-refractivity contribution is 5.31. The number of ether oxygens (including phenoxy) is 6. The molecular formula is C24H30O7. The second-order valence-electron chi connectivity index (χ2n) is 8.31. The van der Waals surface area contributed by atoms with Crippen molar-refractivity contribution in [2.24, 2.45) is 0 Å². The van der Waals surface area contributed by atoms with Gasteiger partial charge >= 0.3 is 0 Å². The fourth-order valence-electron chi connectivity index (χ4n) is 2.92. The van der Waals surface area contributed by atoms with Crippen LogP contribution in [-0.2, 0) is 19.8 Å². The maximum Gasteiger partial charge on any atom is 0.119 e. The topological polar surface area (TPSA) is 82.2 Å². The minimum atomic E-state index is -0.747. The number of benzene rings is 2. The summed E-state index contributed by atoms with van der Waals surface area (Å²) >= 11 is 0. The van der Waals surface area contributed by atoms with Gasteiger partial charge in [-0.05, 0) is 55.8 Å². The monoisotopic (exact) mass is 430 g/mol. The molecule has 1 N–H and O–H groups in total. The number of epoxide rings is 2. The van der Waals surface area contributed by atoms with E-state index in [9.17, 15) is 5.11 Å². The molecule has 31 heavy (non-hydrogen) atoms. The molecule has 4 rings (SSSR count). The van der Waals surface area contributed by atoms with Crippen molar-refractivity contribution in [2.45, 2.75) is 37.8 Å². The van der Waals surface area contributed by atoms with Gasteiger partial charge < -0.3 is 33.5 Å². The van der Waals surface area contributed by atoms with Crippen LogP contribution in [0.25, 0.3) is 0 Å². The number of aliphatic hydroxyl groups excluding tert-OH is 1. The summed E-state index contributed by atoms with van der Waals surface area (Å²) in [7, 11) is 0. The molecule has 3 atom stereocenters. The zero-order valence-electron chi connectivity index (χ0n) is 18.0. The summed E-state index contributed by atoms with van der Waals surface area (Å²) in [6.07, 6.45) is -0.288. The van der Waals surface area contributed by atoms with Crippen molar-refractivity contribution in [1.29, 1.82) is 0 Å². The quantitative estimate of drug-likeness (QED) is 0.489. The first-order chi connectivity index (χ1) is 15.0. The van der Waals surface area contributed by atoms with Gasteiger partial charge in [-0.15, -0.1) is 0 Å². The van der Waals surface area contributed by atoms with Crippen molar-refractivity contribution in [3.63, 3.8) is 0 Å². The zero-order chi connectivity index (χ0) is 21.7. The van der Waals surface area contributed by atoms with Gasteiger partial charge in [-0.3, -0.25) is 0 Å². The Morgan fingerprint density at radius 3 is 1.74 bits per heavy atom. The molecule has 0 amide bonds. The van der Waals surface area contributed by atoms with Gasteiger partial charge in [0, 0.05) is 0 Å². The molecule has 2 aromatic rings. The fraction of sp³-hybridized carbons (Fsp3) is 0.500. The molecular weight excluding hydrogens is 400 g/mol. The van der Waals surface area contributed by atoms with Crippen LogP contribution in [0, 0.1) is 0 Å². The van der Waals surface area contributed by atoms with Crippen molar-refractivity contribution in [1.82, 2.24) is 0 Å². The molecule has 0 radical (unpaired) electrons. The van der Waals surface area contributed by atoms with E-state index >= 15 is 0 Å². The summed E-state index contributed by atoms with van der Waals surface area (Å²) in [5, 5.41) is 10.3. The second kappa shape index (κ2) is 9.87. The molecule has 7 heteroatoms. The highest BCUT2D eigenvalue weighted by Gasteiger charge is 2.25. The van der Waals surface area contributed by atoms with E-state index in [0.29, 0.717) is 19.0 Å². The summed E-state index contributed by atoms with van der Waals surface area (Å²) < 4.78 is 33.2. The first kappa shape index (κ1) is 21.9. The predicted octanol–water partition coefficient (Wildman–Crippen LogP) is 2.93. The summed E-state index contributed by atoms with van der Waals surface area (Å²) in [4.78, 5) is 0. The van der Waals surface area contributed by atoms with Crippen LogP contribution < -0.4 is 14.2 Å². The van der Waals surface area contributed by atoms with Crippen molar-refractivity contribution in [3.05, 3.63) is 54.1 Å². The lowest BCUT2D eigenvalue weighted by molar-refractivity contribution is -0.0718. The van der Waals surface area contributed by atoms with Crippen LogP contribution >= 0.6 is 0 Å². The normalized spacial score (nSPS) is 20.7. The number of rotatable bonds is 13. The van der Waals surface area contributed by atoms with Crippen LogP contribution in [-0.4, -0.2) is 63.1 Å². The summed E-state index contributed by atoms with van der Waals surface area (Å²) in [5.41, 5.74) is 0.450. The van der Waals surface area contributed by atoms with E-state index < -0.39 is 11.7 Å². The Hall–Kier alpha value is -2.32. The molecule has 2 fully saturated rings. The van der Waals surface area contributed by atoms with E-state index in [1.54, 1.807) is 0 Å². The highest BCUT2D eigenvalue weighted by atomic mass is 16.6. The van der Waals surface area contributed by atoms with E-state index in [4.69, 9.17) is 28.4 Å². The van der Waals surface area contributed by atoms with Crippen LogP contribution in [0.4, 0.5) is 0 Å². The van der Waals surface area contributed by atoms with Gasteiger partial charge in [-0.25, -0.2) is 0 Å². The number of hydrogen-bond donors (Lipinski definition) is 1. The molecule has 0 spiro atoms. The number of aliphatic hydroxyl groups is 1. The Kier molecular flexibility index (Phi) is 6.97. The van der Waals surface area contributed by atoms with Crippen LogP contribution in [0.2, 0.25) is 0 Å². The van der Waals surface area contributed by atoms with Crippen LogP contribution in [0.1, 0.15) is 19.4 Å². The minimum absolute atomic E-state index is 0.141. The molecule has 2 heterocycles. The smallest absolute Gasteiger partial charge is 0.119 e. The Morgan fingerprint density at radius 1 is 0.806 bits per heavy atom. The Bertz CT molecular complexity index is 811. The van der Waals surface area contributed by atoms with Gasteiger partial charge in [0.25, 0.3) is 0 Å². The lowest BCUT2D eigenvalue weighted by atomic mass is 9.98. The summed E-state index contributed by atoms with van der Waals surface area (Å²) in [6.45, 7) is 6.94. The first-order valence-electron chi connectivity index (χ1n) is 10.6. The minimum Gasteiger partial charge on any atom is -0.491 e. The predicted molar refractivity (Wildman–Crippen MR) is 114 cm³/mol. The third-order valence-electron chi connectivity index (χ3n) is 5.13. The fourth-order valence-corrected chi connectivity index (χ4v) is 2.92. The molecule has 3 unspecified atom stereocenters. The van der Waals surface area contributed by atoms with E-state index in [-0.39, 0.29) is 25.4 Å². The molecule has 2 aliphatic rings. The van der Waals surface area contributed by atoms with E-state index in [2.05, 4.69) is 0 Å². The van der Waals surface area contributed by atoms with Crippen molar-refractivity contribution >= 4 is 0 Å². The standard InChI is InChI=1S/C24H30O7/c1-24(2,17-3-5-19(6-4-17)27-13-22-15-29-22)31-12-18(25)11-26-20-7-9-21(10-8-20)28-14-23-16-30-23/h3-10,18,22-23,25H,11-16H2,1-2H3. The average molecular weight is 430 g/mol. The summed E-state index contributed by atoms with van der Waals surface area (Å²) in [5.74, 6) is 2.24. The largest absolute Gasteiger partial charge is 0.491 e. The Morgan fingerprint density at radius 2 is 1.26 bits per heavy atom. The van der Waals surface area contributed by atoms with Gasteiger partial charge in [0.1, 0.15) is 55.4 Å². The van der Waals surface area contributed by atoms with E-state index in [0.717, 1.165) is 30.3 Å². The molecule has 0 saturated carbocycles. The molecule has 0 aromatic heterocycles. The Labute approximate surface area is 182 Å². The lowest BCUT2D eigenvalue weighted by Crippen LogP contribution is -2.30. The molecule has 168 valence electrons. The van der Waals surface area contributed by atoms with Gasteiger partial charge in [-0.2, -0.15) is 0 Å². The maximum absolute atomic E-state index is 10.3. The zero-order valence-corrected chi connectivity index (χ0v) is 18.0. The molecule has 0 aliphatic carbocycles. The lowest BCUT2D eigenvalue weighted by Gasteiger charge is -2.27. The molecule has 0 bridgehead atoms. The van der Waals surface area contributed by atoms with Crippen LogP contribution in [0.5, 0.6) is 17.2 Å². The van der Waals surface area contributed by atoms with Gasteiger partial charge in [0.05, 0.1) is 25.4 Å². The average Bonchev–Trinajstić information content (AvgIpc) is 3.69. The van der Waals surface area contributed by atoms with Crippen LogP contribution in [0.15, 0.2) is 48.5 Å². The first-order valence-corrected chi connectivity index (χ1v) is 10.6. The second-order valence-corrected chi connectivity index (χ2v) is 8.31. The molecule has 2 aromatic carbocycles. The van der Waals surface area contributed by atoms with Crippen molar-refractivity contribution < 1.29 is 33.5 Å². The molecule has 2 aliphatic heterocycles. The van der Waals surface area contributed by atoms with Gasteiger partial charge in [-0.1, -0.05) is 12.1 Å². The van der Waals surface area contributed by atoms with Crippen molar-refractivity contribution in [2.75, 3.05) is 39.6 Å². The molecule has 7 nitrogen and oxygen atoms in total. The van der Waals surface area contributed by atoms with E-state index in [1.807, 2.05) is 62.4 Å².